The minimum absolute atomic E-state index is 0.0893. The van der Waals surface area contributed by atoms with Gasteiger partial charge in [0, 0.05) is 20.2 Å². The van der Waals surface area contributed by atoms with E-state index in [4.69, 9.17) is 4.74 Å². The van der Waals surface area contributed by atoms with Crippen molar-refractivity contribution in [2.45, 2.75) is 31.9 Å². The smallest absolute Gasteiger partial charge is 0.274 e. The van der Waals surface area contributed by atoms with Crippen LogP contribution >= 0.6 is 22.7 Å². The molecule has 5 rings (SSSR count). The number of amides is 1. The number of carbonyl (C=O) groups is 1. The van der Waals surface area contributed by atoms with Gasteiger partial charge in [0.2, 0.25) is 0 Å². The predicted molar refractivity (Wildman–Crippen MR) is 135 cm³/mol. The molecule has 0 bridgehead atoms. The fourth-order valence-corrected chi connectivity index (χ4v) is 6.22. The average Bonchev–Trinajstić information content (AvgIpc) is 3.45. The highest BCUT2D eigenvalue weighted by Crippen LogP contribution is 2.33. The number of piperidine rings is 1. The number of hydrogen-bond acceptors (Lipinski definition) is 7. The number of halogens is 1. The molecule has 6 nitrogen and oxygen atoms in total. The maximum absolute atomic E-state index is 13.8. The van der Waals surface area contributed by atoms with Crippen molar-refractivity contribution in [1.82, 2.24) is 14.9 Å². The number of likely N-dealkylation sites (tertiary alicyclic amines) is 1. The zero-order chi connectivity index (χ0) is 23.7. The molecule has 1 unspecified atom stereocenters. The van der Waals surface area contributed by atoms with E-state index in [-0.39, 0.29) is 23.9 Å². The number of carbonyl (C=O) groups excluding carboxylic acids is 1. The topological polar surface area (TPSA) is 67.3 Å². The van der Waals surface area contributed by atoms with Gasteiger partial charge in [-0.2, -0.15) is 0 Å². The van der Waals surface area contributed by atoms with Crippen LogP contribution in [0, 0.1) is 12.7 Å². The molecule has 1 amide bonds. The van der Waals surface area contributed by atoms with E-state index in [0.29, 0.717) is 18.8 Å². The number of anilines is 1. The van der Waals surface area contributed by atoms with Crippen LogP contribution in [0.3, 0.4) is 0 Å². The van der Waals surface area contributed by atoms with E-state index in [1.807, 2.05) is 36.1 Å². The van der Waals surface area contributed by atoms with Crippen LogP contribution in [0.5, 0.6) is 0 Å². The van der Waals surface area contributed by atoms with Crippen LogP contribution in [-0.2, 0) is 4.74 Å². The highest BCUT2D eigenvalue weighted by molar-refractivity contribution is 7.22. The standard InChI is InChI=1S/C25H25FN4O2S2/c1-15-28-22(23(33-15)16-9-11-17(26)12-10-16)24(31)30-13-5-7-20(32-2)19(30)14-27-25-29-18-6-3-4-8-21(18)34-25/h3-4,6,8-12,19-20H,5,7,13-14H2,1-2H3,(H,27,29)/t19?,20-/m1/s1. The summed E-state index contributed by atoms with van der Waals surface area (Å²) in [6.45, 7) is 3.04. The molecule has 2 aromatic heterocycles. The molecule has 1 aliphatic heterocycles. The van der Waals surface area contributed by atoms with E-state index < -0.39 is 0 Å². The molecule has 2 aromatic carbocycles. The second-order valence-electron chi connectivity index (χ2n) is 8.27. The molecular formula is C25H25FN4O2S2. The van der Waals surface area contributed by atoms with E-state index in [1.165, 1.54) is 23.5 Å². The Labute approximate surface area is 205 Å². The molecule has 1 fully saturated rings. The number of nitrogens with zero attached hydrogens (tertiary/aromatic N) is 3. The molecule has 9 heteroatoms. The second kappa shape index (κ2) is 9.77. The minimum Gasteiger partial charge on any atom is -0.379 e. The van der Waals surface area contributed by atoms with E-state index in [2.05, 4.69) is 15.3 Å². The quantitative estimate of drug-likeness (QED) is 0.376. The number of benzene rings is 2. The summed E-state index contributed by atoms with van der Waals surface area (Å²) in [6, 6.07) is 14.1. The molecule has 1 saturated heterocycles. The lowest BCUT2D eigenvalue weighted by atomic mass is 9.97. The lowest BCUT2D eigenvalue weighted by Crippen LogP contribution is -2.54. The molecule has 34 heavy (non-hydrogen) atoms. The number of para-hydroxylation sites is 1. The van der Waals surface area contributed by atoms with Gasteiger partial charge in [-0.15, -0.1) is 11.3 Å². The zero-order valence-electron chi connectivity index (χ0n) is 19.0. The summed E-state index contributed by atoms with van der Waals surface area (Å²) in [5, 5.41) is 5.06. The first-order valence-electron chi connectivity index (χ1n) is 11.2. The largest absolute Gasteiger partial charge is 0.379 e. The Morgan fingerprint density at radius 2 is 1.97 bits per heavy atom. The summed E-state index contributed by atoms with van der Waals surface area (Å²) < 4.78 is 20.4. The fraction of sp³-hybridized carbons (Fsp3) is 0.320. The van der Waals surface area contributed by atoms with Crippen LogP contribution in [0.15, 0.2) is 48.5 Å². The summed E-state index contributed by atoms with van der Waals surface area (Å²) in [4.78, 5) is 25.7. The van der Waals surface area contributed by atoms with Crippen LogP contribution in [0.25, 0.3) is 20.7 Å². The van der Waals surface area contributed by atoms with E-state index >= 15 is 0 Å². The summed E-state index contributed by atoms with van der Waals surface area (Å²) >= 11 is 3.05. The predicted octanol–water partition coefficient (Wildman–Crippen LogP) is 5.60. The van der Waals surface area contributed by atoms with Gasteiger partial charge in [0.15, 0.2) is 5.13 Å². The monoisotopic (exact) mass is 496 g/mol. The number of thiazole rings is 2. The third-order valence-corrected chi connectivity index (χ3v) is 8.09. The zero-order valence-corrected chi connectivity index (χ0v) is 20.6. The Morgan fingerprint density at radius 3 is 2.74 bits per heavy atom. The highest BCUT2D eigenvalue weighted by atomic mass is 32.1. The van der Waals surface area contributed by atoms with Crippen LogP contribution in [-0.4, -0.2) is 53.1 Å². The third-order valence-electron chi connectivity index (χ3n) is 6.08. The highest BCUT2D eigenvalue weighted by Gasteiger charge is 2.36. The first kappa shape index (κ1) is 22.9. The van der Waals surface area contributed by atoms with E-state index in [9.17, 15) is 9.18 Å². The van der Waals surface area contributed by atoms with Gasteiger partial charge in [-0.3, -0.25) is 4.79 Å². The normalized spacial score (nSPS) is 18.4. The number of rotatable bonds is 6. The summed E-state index contributed by atoms with van der Waals surface area (Å²) in [5.74, 6) is -0.431. The van der Waals surface area contributed by atoms with Crippen molar-refractivity contribution in [3.05, 3.63) is 65.0 Å². The van der Waals surface area contributed by atoms with Crippen LogP contribution < -0.4 is 5.32 Å². The van der Waals surface area contributed by atoms with Crippen molar-refractivity contribution in [2.75, 3.05) is 25.5 Å². The number of methoxy groups -OCH3 is 1. The van der Waals surface area contributed by atoms with Crippen LogP contribution in [0.4, 0.5) is 9.52 Å². The van der Waals surface area contributed by atoms with Gasteiger partial charge in [-0.1, -0.05) is 35.6 Å². The van der Waals surface area contributed by atoms with Gasteiger partial charge >= 0.3 is 0 Å². The van der Waals surface area contributed by atoms with Crippen molar-refractivity contribution in [1.29, 1.82) is 0 Å². The SMILES string of the molecule is CO[C@@H]1CCCN(C(=O)c2nc(C)sc2-c2ccc(F)cc2)C1CNc1nc2ccccc2s1. The van der Waals surface area contributed by atoms with Gasteiger partial charge in [0.05, 0.1) is 32.2 Å². The fourth-order valence-electron chi connectivity index (χ4n) is 4.44. The van der Waals surface area contributed by atoms with E-state index in [0.717, 1.165) is 43.6 Å². The molecule has 1 N–H and O–H groups in total. The Balaban J connectivity index is 1.41. The van der Waals surface area contributed by atoms with Gasteiger partial charge in [-0.05, 0) is 49.6 Å². The molecular weight excluding hydrogens is 471 g/mol. The number of hydrogen-bond donors (Lipinski definition) is 1. The van der Waals surface area contributed by atoms with Crippen LogP contribution in [0.2, 0.25) is 0 Å². The van der Waals surface area contributed by atoms with Gasteiger partial charge in [-0.25, -0.2) is 14.4 Å². The Hall–Kier alpha value is -2.88. The lowest BCUT2D eigenvalue weighted by Gasteiger charge is -2.40. The molecule has 1 aliphatic rings. The van der Waals surface area contributed by atoms with Crippen molar-refractivity contribution in [3.8, 4) is 10.4 Å². The number of aryl methyl sites for hydroxylation is 1. The van der Waals surface area contributed by atoms with Crippen molar-refractivity contribution >= 4 is 43.9 Å². The van der Waals surface area contributed by atoms with Crippen molar-refractivity contribution in [3.63, 3.8) is 0 Å². The molecule has 4 aromatic rings. The number of aromatic nitrogens is 2. The lowest BCUT2D eigenvalue weighted by molar-refractivity contribution is -0.00764. The molecule has 0 saturated carbocycles. The Kier molecular flexibility index (Phi) is 6.58. The number of ether oxygens (including phenoxy) is 1. The Bertz CT molecular complexity index is 1270. The molecule has 2 atom stereocenters. The van der Waals surface area contributed by atoms with Gasteiger partial charge in [0.1, 0.15) is 11.5 Å². The summed E-state index contributed by atoms with van der Waals surface area (Å²) in [6.07, 6.45) is 1.65. The Morgan fingerprint density at radius 1 is 1.18 bits per heavy atom. The molecule has 3 heterocycles. The van der Waals surface area contributed by atoms with E-state index in [1.54, 1.807) is 30.6 Å². The molecule has 0 radical (unpaired) electrons. The maximum Gasteiger partial charge on any atom is 0.274 e. The third kappa shape index (κ3) is 4.55. The first-order valence-corrected chi connectivity index (χ1v) is 12.8. The first-order chi connectivity index (χ1) is 16.5. The van der Waals surface area contributed by atoms with Crippen LogP contribution in [0.1, 0.15) is 28.3 Å². The summed E-state index contributed by atoms with van der Waals surface area (Å²) in [7, 11) is 1.69. The molecule has 0 aliphatic carbocycles. The van der Waals surface area contributed by atoms with Gasteiger partial charge in [0.25, 0.3) is 5.91 Å². The average molecular weight is 497 g/mol. The maximum atomic E-state index is 13.8. The number of nitrogens with one attached hydrogen (secondary N) is 1. The molecule has 0 spiro atoms. The van der Waals surface area contributed by atoms with Crippen molar-refractivity contribution in [2.24, 2.45) is 0 Å². The molecule has 176 valence electrons. The van der Waals surface area contributed by atoms with Gasteiger partial charge < -0.3 is 15.0 Å². The van der Waals surface area contributed by atoms with Crippen molar-refractivity contribution < 1.29 is 13.9 Å². The minimum atomic E-state index is -0.308. The second-order valence-corrected chi connectivity index (χ2v) is 10.5. The summed E-state index contributed by atoms with van der Waals surface area (Å²) in [5.41, 5.74) is 2.16. The number of fused-ring (bicyclic) bond motifs is 1.